The zero-order chi connectivity index (χ0) is 16.9. The molecule has 1 saturated heterocycles. The molecule has 2 N–H and O–H groups in total. The molecule has 0 spiro atoms. The van der Waals surface area contributed by atoms with Gasteiger partial charge in [-0.15, -0.1) is 0 Å². The lowest BCUT2D eigenvalue weighted by Crippen LogP contribution is -2.44. The predicted molar refractivity (Wildman–Crippen MR) is 84.9 cm³/mol. The number of para-hydroxylation sites is 2. The Morgan fingerprint density at radius 2 is 2.29 bits per heavy atom. The second kappa shape index (κ2) is 7.67. The van der Waals surface area contributed by atoms with Gasteiger partial charge in [0, 0.05) is 32.0 Å². The van der Waals surface area contributed by atoms with Crippen LogP contribution in [0.1, 0.15) is 18.8 Å². The van der Waals surface area contributed by atoms with E-state index in [9.17, 15) is 13.6 Å². The fourth-order valence-electron chi connectivity index (χ4n) is 2.85. The number of imidazole rings is 1. The van der Waals surface area contributed by atoms with E-state index in [0.29, 0.717) is 30.7 Å². The van der Waals surface area contributed by atoms with Crippen LogP contribution in [0.4, 0.5) is 8.78 Å². The molecule has 1 aliphatic rings. The minimum Gasteiger partial charge on any atom is -0.378 e. The lowest BCUT2D eigenvalue weighted by atomic mass is 10.2. The first-order chi connectivity index (χ1) is 11.6. The van der Waals surface area contributed by atoms with Gasteiger partial charge >= 0.3 is 6.55 Å². The molecule has 130 valence electrons. The summed E-state index contributed by atoms with van der Waals surface area (Å²) >= 11 is 0. The minimum atomic E-state index is -2.66. The average molecular weight is 338 g/mol. The number of halogens is 2. The van der Waals surface area contributed by atoms with Crippen molar-refractivity contribution in [2.45, 2.75) is 25.4 Å². The maximum atomic E-state index is 13.3. The summed E-state index contributed by atoms with van der Waals surface area (Å²) < 4.78 is 32.8. The van der Waals surface area contributed by atoms with Crippen LogP contribution in [0.3, 0.4) is 0 Å². The lowest BCUT2D eigenvalue weighted by Gasteiger charge is -2.23. The number of carbonyl (C=O) groups is 1. The number of benzene rings is 1. The second-order valence-corrected chi connectivity index (χ2v) is 5.69. The number of hydrogen-bond acceptors (Lipinski definition) is 4. The molecule has 1 aliphatic heterocycles. The number of rotatable bonds is 6. The van der Waals surface area contributed by atoms with Crippen LogP contribution in [-0.2, 0) is 16.0 Å². The smallest absolute Gasteiger partial charge is 0.320 e. The molecule has 0 aliphatic carbocycles. The number of alkyl halides is 2. The van der Waals surface area contributed by atoms with Crippen LogP contribution >= 0.6 is 0 Å². The van der Waals surface area contributed by atoms with Crippen LogP contribution in [-0.4, -0.2) is 47.8 Å². The molecule has 2 aromatic rings. The Balaban J connectivity index is 1.57. The first-order valence-electron chi connectivity index (χ1n) is 7.97. The number of hydrogen-bond donors (Lipinski definition) is 2. The summed E-state index contributed by atoms with van der Waals surface area (Å²) in [5.41, 5.74) is 0.931. The summed E-state index contributed by atoms with van der Waals surface area (Å²) in [7, 11) is 0. The highest BCUT2D eigenvalue weighted by molar-refractivity contribution is 5.77. The van der Waals surface area contributed by atoms with Gasteiger partial charge in [0.25, 0.3) is 0 Å². The third kappa shape index (κ3) is 3.88. The number of carbonyl (C=O) groups excluding carboxylic acids is 1. The van der Waals surface area contributed by atoms with Crippen LogP contribution < -0.4 is 10.6 Å². The van der Waals surface area contributed by atoms with Gasteiger partial charge in [-0.3, -0.25) is 9.36 Å². The Labute approximate surface area is 138 Å². The summed E-state index contributed by atoms with van der Waals surface area (Å²) in [6, 6.07) is 6.78. The van der Waals surface area contributed by atoms with Crippen molar-refractivity contribution >= 4 is 16.9 Å². The predicted octanol–water partition coefficient (Wildman–Crippen LogP) is 1.47. The number of nitrogens with one attached hydrogen (secondary N) is 2. The Morgan fingerprint density at radius 1 is 1.46 bits per heavy atom. The van der Waals surface area contributed by atoms with Crippen LogP contribution in [0.5, 0.6) is 0 Å². The molecule has 0 radical (unpaired) electrons. The molecule has 1 fully saturated rings. The first-order valence-corrected chi connectivity index (χ1v) is 7.97. The molecular formula is C16H20F2N4O2. The van der Waals surface area contributed by atoms with E-state index in [1.807, 2.05) is 0 Å². The van der Waals surface area contributed by atoms with Crippen LogP contribution in [0.25, 0.3) is 11.0 Å². The summed E-state index contributed by atoms with van der Waals surface area (Å²) in [4.78, 5) is 16.2. The molecule has 1 amide bonds. The quantitative estimate of drug-likeness (QED) is 0.837. The molecule has 0 saturated carbocycles. The molecular weight excluding hydrogens is 318 g/mol. The molecule has 3 rings (SSSR count). The topological polar surface area (TPSA) is 68.2 Å². The highest BCUT2D eigenvalue weighted by Crippen LogP contribution is 2.23. The van der Waals surface area contributed by atoms with Gasteiger partial charge in [0.15, 0.2) is 0 Å². The number of morpholine rings is 1. The zero-order valence-corrected chi connectivity index (χ0v) is 13.2. The van der Waals surface area contributed by atoms with Gasteiger partial charge in [-0.1, -0.05) is 12.1 Å². The van der Waals surface area contributed by atoms with Crippen molar-refractivity contribution < 1.29 is 18.3 Å². The molecule has 1 unspecified atom stereocenters. The Kier molecular flexibility index (Phi) is 5.37. The van der Waals surface area contributed by atoms with Crippen LogP contribution in [0.15, 0.2) is 24.3 Å². The first kappa shape index (κ1) is 16.8. The molecule has 2 heterocycles. The van der Waals surface area contributed by atoms with E-state index in [2.05, 4.69) is 15.6 Å². The van der Waals surface area contributed by atoms with E-state index >= 15 is 0 Å². The normalized spacial score (nSPS) is 18.2. The summed E-state index contributed by atoms with van der Waals surface area (Å²) in [5, 5.41) is 5.95. The van der Waals surface area contributed by atoms with Gasteiger partial charge in [0.1, 0.15) is 5.82 Å². The van der Waals surface area contributed by atoms with Crippen LogP contribution in [0, 0.1) is 0 Å². The SMILES string of the molecule is O=C(CC1COCCN1)NCCc1nc2ccccc2n1C(F)F. The van der Waals surface area contributed by atoms with E-state index < -0.39 is 6.55 Å². The van der Waals surface area contributed by atoms with Crippen molar-refractivity contribution in [3.05, 3.63) is 30.1 Å². The van der Waals surface area contributed by atoms with Gasteiger partial charge < -0.3 is 15.4 Å². The van der Waals surface area contributed by atoms with Gasteiger partial charge in [0.05, 0.1) is 24.2 Å². The van der Waals surface area contributed by atoms with Gasteiger partial charge in [0.2, 0.25) is 5.91 Å². The van der Waals surface area contributed by atoms with Gasteiger partial charge in [-0.05, 0) is 12.1 Å². The van der Waals surface area contributed by atoms with Crippen molar-refractivity contribution in [3.8, 4) is 0 Å². The third-order valence-corrected chi connectivity index (χ3v) is 3.97. The summed E-state index contributed by atoms with van der Waals surface area (Å²) in [6.45, 7) is -0.498. The van der Waals surface area contributed by atoms with Crippen molar-refractivity contribution in [1.82, 2.24) is 20.2 Å². The van der Waals surface area contributed by atoms with Crippen molar-refractivity contribution in [2.24, 2.45) is 0 Å². The maximum absolute atomic E-state index is 13.3. The fraction of sp³-hybridized carbons (Fsp3) is 0.500. The summed E-state index contributed by atoms with van der Waals surface area (Å²) in [6.07, 6.45) is 0.560. The highest BCUT2D eigenvalue weighted by Gasteiger charge is 2.19. The van der Waals surface area contributed by atoms with Crippen LogP contribution in [0.2, 0.25) is 0 Å². The van der Waals surface area contributed by atoms with E-state index in [1.54, 1.807) is 24.3 Å². The number of amides is 1. The second-order valence-electron chi connectivity index (χ2n) is 5.69. The van der Waals surface area contributed by atoms with E-state index in [0.717, 1.165) is 11.1 Å². The van der Waals surface area contributed by atoms with Gasteiger partial charge in [-0.25, -0.2) is 4.98 Å². The molecule has 6 nitrogen and oxygen atoms in total. The number of ether oxygens (including phenoxy) is 1. The molecule has 1 atom stereocenters. The van der Waals surface area contributed by atoms with Crippen molar-refractivity contribution in [3.63, 3.8) is 0 Å². The van der Waals surface area contributed by atoms with Crippen molar-refractivity contribution in [2.75, 3.05) is 26.3 Å². The Bertz CT molecular complexity index is 698. The van der Waals surface area contributed by atoms with Crippen molar-refractivity contribution in [1.29, 1.82) is 0 Å². The minimum absolute atomic E-state index is 0.00406. The Hall–Kier alpha value is -2.06. The summed E-state index contributed by atoms with van der Waals surface area (Å²) in [5.74, 6) is 0.142. The number of fused-ring (bicyclic) bond motifs is 1. The Morgan fingerprint density at radius 3 is 3.04 bits per heavy atom. The number of aromatic nitrogens is 2. The van der Waals surface area contributed by atoms with E-state index in [4.69, 9.17) is 4.74 Å². The highest BCUT2D eigenvalue weighted by atomic mass is 19.3. The molecule has 8 heteroatoms. The fourth-order valence-corrected chi connectivity index (χ4v) is 2.85. The average Bonchev–Trinajstić information content (AvgIpc) is 2.94. The number of nitrogens with zero attached hydrogens (tertiary/aromatic N) is 2. The molecule has 24 heavy (non-hydrogen) atoms. The third-order valence-electron chi connectivity index (χ3n) is 3.97. The molecule has 0 bridgehead atoms. The monoisotopic (exact) mass is 338 g/mol. The molecule has 1 aromatic heterocycles. The van der Waals surface area contributed by atoms with E-state index in [1.165, 1.54) is 0 Å². The van der Waals surface area contributed by atoms with E-state index in [-0.39, 0.29) is 30.7 Å². The maximum Gasteiger partial charge on any atom is 0.320 e. The largest absolute Gasteiger partial charge is 0.378 e. The standard InChI is InChI=1S/C16H20F2N4O2/c17-16(18)22-13-4-2-1-3-12(13)21-14(22)5-6-20-15(23)9-11-10-24-8-7-19-11/h1-4,11,16,19H,5-10H2,(H,20,23). The lowest BCUT2D eigenvalue weighted by molar-refractivity contribution is -0.122. The molecule has 1 aromatic carbocycles. The zero-order valence-electron chi connectivity index (χ0n) is 13.2. The van der Waals surface area contributed by atoms with Gasteiger partial charge in [-0.2, -0.15) is 8.78 Å².